The summed E-state index contributed by atoms with van der Waals surface area (Å²) in [7, 11) is 0. The normalized spacial score (nSPS) is 21.3. The summed E-state index contributed by atoms with van der Waals surface area (Å²) in [4.78, 5) is 13.3. The van der Waals surface area contributed by atoms with Crippen LogP contribution in [0.3, 0.4) is 0 Å². The number of carbonyl (C=O) groups is 1. The first-order valence-electron chi connectivity index (χ1n) is 5.81. The number of rotatable bonds is 4. The van der Waals surface area contributed by atoms with Crippen LogP contribution in [0.25, 0.3) is 0 Å². The predicted molar refractivity (Wildman–Crippen MR) is 61.5 cm³/mol. The molecule has 0 bridgehead atoms. The molecule has 15 heavy (non-hydrogen) atoms. The van der Waals surface area contributed by atoms with Gasteiger partial charge in [-0.25, -0.2) is 0 Å². The second-order valence-electron chi connectivity index (χ2n) is 4.62. The Labute approximate surface area is 92.2 Å². The van der Waals surface area contributed by atoms with Gasteiger partial charge in [0, 0.05) is 32.6 Å². The summed E-state index contributed by atoms with van der Waals surface area (Å²) in [6.45, 7) is 7.77. The number of nitrogens with two attached hydrogens (primary N) is 1. The molecular formula is C11H23N3O. The summed E-state index contributed by atoms with van der Waals surface area (Å²) in [5.41, 5.74) is 5.60. The summed E-state index contributed by atoms with van der Waals surface area (Å²) in [5.74, 6) is 0.658. The van der Waals surface area contributed by atoms with Crippen molar-refractivity contribution < 1.29 is 4.79 Å². The largest absolute Gasteiger partial charge is 0.354 e. The summed E-state index contributed by atoms with van der Waals surface area (Å²) in [6.07, 6.45) is 2.13. The second-order valence-corrected chi connectivity index (χ2v) is 4.62. The highest BCUT2D eigenvalue weighted by Crippen LogP contribution is 2.11. The van der Waals surface area contributed by atoms with Gasteiger partial charge in [-0.15, -0.1) is 0 Å². The Morgan fingerprint density at radius 2 is 2.13 bits per heavy atom. The van der Waals surface area contributed by atoms with Crippen LogP contribution in [0, 0.1) is 5.92 Å². The van der Waals surface area contributed by atoms with Crippen molar-refractivity contribution in [3.05, 3.63) is 0 Å². The molecule has 4 nitrogen and oxygen atoms in total. The van der Waals surface area contributed by atoms with E-state index in [4.69, 9.17) is 5.73 Å². The van der Waals surface area contributed by atoms with Crippen LogP contribution in [0.5, 0.6) is 0 Å². The van der Waals surface area contributed by atoms with Crippen molar-refractivity contribution in [3.63, 3.8) is 0 Å². The van der Waals surface area contributed by atoms with Crippen LogP contribution in [0.2, 0.25) is 0 Å². The highest BCUT2D eigenvalue weighted by Gasteiger charge is 2.20. The molecule has 1 amide bonds. The maximum atomic E-state index is 10.9. The van der Waals surface area contributed by atoms with Crippen LogP contribution in [-0.2, 0) is 4.79 Å². The van der Waals surface area contributed by atoms with Crippen molar-refractivity contribution in [2.75, 3.05) is 26.2 Å². The first-order valence-corrected chi connectivity index (χ1v) is 5.81. The lowest BCUT2D eigenvalue weighted by molar-refractivity contribution is -0.119. The quantitative estimate of drug-likeness (QED) is 0.700. The van der Waals surface area contributed by atoms with Gasteiger partial charge in [0.1, 0.15) is 0 Å². The Balaban J connectivity index is 2.20. The summed E-state index contributed by atoms with van der Waals surface area (Å²) in [5, 5.41) is 2.98. The monoisotopic (exact) mass is 213 g/mol. The van der Waals surface area contributed by atoms with E-state index in [9.17, 15) is 4.79 Å². The number of hydrogen-bond donors (Lipinski definition) is 2. The number of likely N-dealkylation sites (tertiary alicyclic amines) is 1. The van der Waals surface area contributed by atoms with Gasteiger partial charge in [0.05, 0.1) is 0 Å². The van der Waals surface area contributed by atoms with Crippen LogP contribution in [0.15, 0.2) is 0 Å². The molecule has 0 saturated carbocycles. The number of piperidine rings is 1. The van der Waals surface area contributed by atoms with Crippen molar-refractivity contribution >= 4 is 5.91 Å². The van der Waals surface area contributed by atoms with Gasteiger partial charge in [-0.3, -0.25) is 4.79 Å². The van der Waals surface area contributed by atoms with Crippen molar-refractivity contribution in [1.82, 2.24) is 10.2 Å². The lowest BCUT2D eigenvalue weighted by atomic mass is 10.0. The van der Waals surface area contributed by atoms with E-state index in [0.717, 1.165) is 39.0 Å². The second kappa shape index (κ2) is 6.08. The number of carbonyl (C=O) groups excluding carboxylic acids is 1. The summed E-state index contributed by atoms with van der Waals surface area (Å²) >= 11 is 0. The molecule has 0 aromatic rings. The zero-order chi connectivity index (χ0) is 11.3. The smallest absolute Gasteiger partial charge is 0.217 e. The fourth-order valence-corrected chi connectivity index (χ4v) is 2.06. The van der Waals surface area contributed by atoms with E-state index in [1.165, 1.54) is 0 Å². The van der Waals surface area contributed by atoms with Crippen molar-refractivity contribution in [2.45, 2.75) is 32.7 Å². The minimum Gasteiger partial charge on any atom is -0.354 e. The molecule has 1 heterocycles. The third-order valence-corrected chi connectivity index (χ3v) is 2.97. The van der Waals surface area contributed by atoms with Crippen LogP contribution in [-0.4, -0.2) is 43.0 Å². The zero-order valence-corrected chi connectivity index (χ0v) is 9.83. The standard InChI is InChI=1S/C11H23N3O/c1-9(7-12)8-14-5-3-11(4-6-14)13-10(2)15/h9,11H,3-8,12H2,1-2H3,(H,13,15). The van der Waals surface area contributed by atoms with Gasteiger partial charge in [0.15, 0.2) is 0 Å². The lowest BCUT2D eigenvalue weighted by Crippen LogP contribution is -2.45. The van der Waals surface area contributed by atoms with Crippen LogP contribution < -0.4 is 11.1 Å². The first kappa shape index (κ1) is 12.5. The fraction of sp³-hybridized carbons (Fsp3) is 0.909. The van der Waals surface area contributed by atoms with Crippen molar-refractivity contribution in [1.29, 1.82) is 0 Å². The molecular weight excluding hydrogens is 190 g/mol. The Kier molecular flexibility index (Phi) is 5.05. The highest BCUT2D eigenvalue weighted by molar-refractivity contribution is 5.73. The molecule has 1 aliphatic rings. The van der Waals surface area contributed by atoms with Gasteiger partial charge in [-0.1, -0.05) is 6.92 Å². The summed E-state index contributed by atoms with van der Waals surface area (Å²) < 4.78 is 0. The van der Waals surface area contributed by atoms with Gasteiger partial charge >= 0.3 is 0 Å². The van der Waals surface area contributed by atoms with Gasteiger partial charge < -0.3 is 16.0 Å². The van der Waals surface area contributed by atoms with Crippen LogP contribution in [0.4, 0.5) is 0 Å². The van der Waals surface area contributed by atoms with E-state index in [1.807, 2.05) is 0 Å². The van der Waals surface area contributed by atoms with Gasteiger partial charge in [-0.2, -0.15) is 0 Å². The van der Waals surface area contributed by atoms with Crippen LogP contribution >= 0.6 is 0 Å². The Morgan fingerprint density at radius 3 is 2.60 bits per heavy atom. The number of amides is 1. The van der Waals surface area contributed by atoms with Gasteiger partial charge in [0.25, 0.3) is 0 Å². The lowest BCUT2D eigenvalue weighted by Gasteiger charge is -2.33. The fourth-order valence-electron chi connectivity index (χ4n) is 2.06. The number of nitrogens with zero attached hydrogens (tertiary/aromatic N) is 1. The van der Waals surface area contributed by atoms with Gasteiger partial charge in [-0.05, 0) is 25.3 Å². The van der Waals surface area contributed by atoms with E-state index in [1.54, 1.807) is 6.92 Å². The van der Waals surface area contributed by atoms with E-state index in [0.29, 0.717) is 12.0 Å². The van der Waals surface area contributed by atoms with Crippen molar-refractivity contribution in [3.8, 4) is 0 Å². The molecule has 0 spiro atoms. The predicted octanol–water partition coefficient (Wildman–Crippen LogP) is 0.182. The minimum atomic E-state index is 0.0868. The number of nitrogens with one attached hydrogen (secondary N) is 1. The minimum absolute atomic E-state index is 0.0868. The van der Waals surface area contributed by atoms with E-state index in [2.05, 4.69) is 17.1 Å². The summed E-state index contributed by atoms with van der Waals surface area (Å²) in [6, 6.07) is 0.381. The average Bonchev–Trinajstić information content (AvgIpc) is 2.20. The van der Waals surface area contributed by atoms with Crippen molar-refractivity contribution in [2.24, 2.45) is 11.7 Å². The zero-order valence-electron chi connectivity index (χ0n) is 9.83. The van der Waals surface area contributed by atoms with Crippen LogP contribution in [0.1, 0.15) is 26.7 Å². The molecule has 1 atom stereocenters. The van der Waals surface area contributed by atoms with E-state index in [-0.39, 0.29) is 5.91 Å². The first-order chi connectivity index (χ1) is 7.11. The molecule has 0 aromatic carbocycles. The molecule has 0 aliphatic carbocycles. The average molecular weight is 213 g/mol. The van der Waals surface area contributed by atoms with Gasteiger partial charge in [0.2, 0.25) is 5.91 Å². The van der Waals surface area contributed by atoms with E-state index < -0.39 is 0 Å². The molecule has 0 radical (unpaired) electrons. The molecule has 1 saturated heterocycles. The molecule has 1 aliphatic heterocycles. The topological polar surface area (TPSA) is 58.4 Å². The highest BCUT2D eigenvalue weighted by atomic mass is 16.1. The Hall–Kier alpha value is -0.610. The Bertz CT molecular complexity index is 200. The maximum absolute atomic E-state index is 10.9. The molecule has 1 rings (SSSR count). The third kappa shape index (κ3) is 4.62. The number of hydrogen-bond acceptors (Lipinski definition) is 3. The molecule has 1 fully saturated rings. The molecule has 4 heteroatoms. The molecule has 3 N–H and O–H groups in total. The third-order valence-electron chi connectivity index (χ3n) is 2.97. The molecule has 1 unspecified atom stereocenters. The Morgan fingerprint density at radius 1 is 1.53 bits per heavy atom. The SMILES string of the molecule is CC(=O)NC1CCN(CC(C)CN)CC1. The molecule has 0 aromatic heterocycles. The molecule has 88 valence electrons. The maximum Gasteiger partial charge on any atom is 0.217 e. The van der Waals surface area contributed by atoms with E-state index >= 15 is 0 Å².